The third-order valence-corrected chi connectivity index (χ3v) is 3.75. The predicted molar refractivity (Wildman–Crippen MR) is 86.9 cm³/mol. The number of benzene rings is 1. The van der Waals surface area contributed by atoms with Crippen molar-refractivity contribution in [2.45, 2.75) is 70.6 Å². The van der Waals surface area contributed by atoms with Crippen molar-refractivity contribution in [1.82, 2.24) is 5.32 Å². The van der Waals surface area contributed by atoms with Gasteiger partial charge in [0.05, 0.1) is 18.8 Å². The fourth-order valence-corrected chi connectivity index (χ4v) is 2.64. The fourth-order valence-electron chi connectivity index (χ4n) is 2.64. The van der Waals surface area contributed by atoms with Gasteiger partial charge in [-0.25, -0.2) is 9.18 Å². The van der Waals surface area contributed by atoms with Crippen LogP contribution < -0.4 is 5.32 Å². The molecule has 1 fully saturated rings. The van der Waals surface area contributed by atoms with Gasteiger partial charge < -0.3 is 14.8 Å². The summed E-state index contributed by atoms with van der Waals surface area (Å²) >= 11 is 0. The van der Waals surface area contributed by atoms with Crippen LogP contribution in [0.4, 0.5) is 9.18 Å². The Bertz CT molecular complexity index is 501. The van der Waals surface area contributed by atoms with Crippen LogP contribution in [-0.2, 0) is 16.1 Å². The lowest BCUT2D eigenvalue weighted by Crippen LogP contribution is -2.48. The minimum atomic E-state index is -1.06. The SMILES string of the molecule is CC(C)(C)OC(=O)N[C@H]1C[C@H](OCc2ccccc2)CC[C@@H]1F. The zero-order valence-electron chi connectivity index (χ0n) is 14.0. The molecule has 0 aromatic heterocycles. The number of hydrogen-bond acceptors (Lipinski definition) is 3. The minimum absolute atomic E-state index is 0.0536. The van der Waals surface area contributed by atoms with Gasteiger partial charge in [0, 0.05) is 0 Å². The summed E-state index contributed by atoms with van der Waals surface area (Å²) < 4.78 is 25.1. The first-order chi connectivity index (χ1) is 10.8. The number of carbonyl (C=O) groups excluding carboxylic acids is 1. The second-order valence-corrected chi connectivity index (χ2v) is 7.00. The van der Waals surface area contributed by atoms with Crippen LogP contribution in [0.2, 0.25) is 0 Å². The van der Waals surface area contributed by atoms with Crippen LogP contribution in [0.5, 0.6) is 0 Å². The third-order valence-electron chi connectivity index (χ3n) is 3.75. The summed E-state index contributed by atoms with van der Waals surface area (Å²) in [7, 11) is 0. The van der Waals surface area contributed by atoms with Crippen molar-refractivity contribution < 1.29 is 18.7 Å². The summed E-state index contributed by atoms with van der Waals surface area (Å²) in [5, 5.41) is 2.64. The maximum atomic E-state index is 14.1. The molecule has 0 aliphatic heterocycles. The van der Waals surface area contributed by atoms with Gasteiger partial charge in [-0.15, -0.1) is 0 Å². The smallest absolute Gasteiger partial charge is 0.407 e. The molecule has 128 valence electrons. The molecule has 0 saturated heterocycles. The molecule has 5 heteroatoms. The Morgan fingerprint density at radius 1 is 1.26 bits per heavy atom. The van der Waals surface area contributed by atoms with Gasteiger partial charge in [-0.1, -0.05) is 30.3 Å². The largest absolute Gasteiger partial charge is 0.444 e. The Hall–Kier alpha value is -1.62. The Morgan fingerprint density at radius 3 is 2.61 bits per heavy atom. The fraction of sp³-hybridized carbons (Fsp3) is 0.611. The number of carbonyl (C=O) groups is 1. The normalized spacial score (nSPS) is 25.0. The molecule has 1 aliphatic rings. The third kappa shape index (κ3) is 6.18. The molecule has 1 N–H and O–H groups in total. The number of halogens is 1. The number of alkyl halides is 1. The molecule has 3 atom stereocenters. The predicted octanol–water partition coefficient (Wildman–Crippen LogP) is 3.99. The molecule has 0 unspecified atom stereocenters. The van der Waals surface area contributed by atoms with E-state index in [1.165, 1.54) is 0 Å². The van der Waals surface area contributed by atoms with E-state index in [9.17, 15) is 9.18 Å². The van der Waals surface area contributed by atoms with E-state index >= 15 is 0 Å². The molecule has 1 amide bonds. The van der Waals surface area contributed by atoms with E-state index in [1.807, 2.05) is 30.3 Å². The Morgan fingerprint density at radius 2 is 1.96 bits per heavy atom. The number of hydrogen-bond donors (Lipinski definition) is 1. The Balaban J connectivity index is 1.82. The van der Waals surface area contributed by atoms with E-state index in [0.717, 1.165) is 5.56 Å². The van der Waals surface area contributed by atoms with Crippen molar-refractivity contribution in [2.75, 3.05) is 0 Å². The van der Waals surface area contributed by atoms with Crippen LogP contribution in [0, 0.1) is 0 Å². The van der Waals surface area contributed by atoms with E-state index in [1.54, 1.807) is 20.8 Å². The Labute approximate surface area is 137 Å². The average molecular weight is 323 g/mol. The molecule has 0 heterocycles. The molecule has 23 heavy (non-hydrogen) atoms. The van der Waals surface area contributed by atoms with Gasteiger partial charge in [-0.3, -0.25) is 0 Å². The van der Waals surface area contributed by atoms with E-state index in [-0.39, 0.29) is 6.10 Å². The summed E-state index contributed by atoms with van der Waals surface area (Å²) in [6.45, 7) is 5.85. The summed E-state index contributed by atoms with van der Waals surface area (Å²) in [5.74, 6) is 0. The van der Waals surface area contributed by atoms with Gasteiger partial charge in [0.15, 0.2) is 0 Å². The van der Waals surface area contributed by atoms with Crippen LogP contribution in [0.1, 0.15) is 45.6 Å². The van der Waals surface area contributed by atoms with Crippen molar-refractivity contribution in [3.05, 3.63) is 35.9 Å². The zero-order chi connectivity index (χ0) is 16.9. The molecule has 0 bridgehead atoms. The number of alkyl carbamates (subject to hydrolysis) is 1. The highest BCUT2D eigenvalue weighted by Crippen LogP contribution is 2.25. The molecule has 1 aromatic rings. The maximum Gasteiger partial charge on any atom is 0.407 e. The lowest BCUT2D eigenvalue weighted by Gasteiger charge is -2.33. The molecular weight excluding hydrogens is 297 g/mol. The summed E-state index contributed by atoms with van der Waals surface area (Å²) in [4.78, 5) is 11.8. The van der Waals surface area contributed by atoms with Crippen molar-refractivity contribution >= 4 is 6.09 Å². The first kappa shape index (κ1) is 17.7. The number of ether oxygens (including phenoxy) is 2. The average Bonchev–Trinajstić information content (AvgIpc) is 2.47. The van der Waals surface area contributed by atoms with Crippen LogP contribution >= 0.6 is 0 Å². The van der Waals surface area contributed by atoms with Crippen molar-refractivity contribution in [3.8, 4) is 0 Å². The summed E-state index contributed by atoms with van der Waals surface area (Å²) in [6.07, 6.45) is -0.164. The number of nitrogens with one attached hydrogen (secondary N) is 1. The molecule has 0 spiro atoms. The monoisotopic (exact) mass is 323 g/mol. The second kappa shape index (κ2) is 7.77. The van der Waals surface area contributed by atoms with Crippen LogP contribution in [0.15, 0.2) is 30.3 Å². The standard InChI is InChI=1S/C18H26FNO3/c1-18(2,3)23-17(21)20-16-11-14(9-10-15(16)19)22-12-13-7-5-4-6-8-13/h4-8,14-16H,9-12H2,1-3H3,(H,20,21)/t14-,15+,16+/m1/s1. The molecule has 1 aromatic carbocycles. The van der Waals surface area contributed by atoms with Crippen LogP contribution in [0.25, 0.3) is 0 Å². The lowest BCUT2D eigenvalue weighted by molar-refractivity contribution is -0.0130. The molecule has 2 rings (SSSR count). The molecule has 1 aliphatic carbocycles. The van der Waals surface area contributed by atoms with Gasteiger partial charge in [-0.05, 0) is 45.6 Å². The van der Waals surface area contributed by atoms with E-state index in [4.69, 9.17) is 9.47 Å². The molecule has 4 nitrogen and oxygen atoms in total. The maximum absolute atomic E-state index is 14.1. The van der Waals surface area contributed by atoms with Crippen molar-refractivity contribution in [2.24, 2.45) is 0 Å². The highest BCUT2D eigenvalue weighted by molar-refractivity contribution is 5.68. The Kier molecular flexibility index (Phi) is 5.99. The van der Waals surface area contributed by atoms with E-state index in [2.05, 4.69) is 5.32 Å². The van der Waals surface area contributed by atoms with Gasteiger partial charge >= 0.3 is 6.09 Å². The quantitative estimate of drug-likeness (QED) is 0.911. The highest BCUT2D eigenvalue weighted by atomic mass is 19.1. The summed E-state index contributed by atoms with van der Waals surface area (Å²) in [5.41, 5.74) is 0.500. The second-order valence-electron chi connectivity index (χ2n) is 7.00. The zero-order valence-corrected chi connectivity index (χ0v) is 14.0. The molecule has 1 saturated carbocycles. The van der Waals surface area contributed by atoms with Gasteiger partial charge in [-0.2, -0.15) is 0 Å². The molecular formula is C18H26FNO3. The van der Waals surface area contributed by atoms with Crippen molar-refractivity contribution in [3.63, 3.8) is 0 Å². The van der Waals surface area contributed by atoms with E-state index in [0.29, 0.717) is 25.9 Å². The number of amides is 1. The number of rotatable bonds is 4. The molecule has 0 radical (unpaired) electrons. The van der Waals surface area contributed by atoms with Crippen molar-refractivity contribution in [1.29, 1.82) is 0 Å². The van der Waals surface area contributed by atoms with Gasteiger partial charge in [0.1, 0.15) is 11.8 Å². The van der Waals surface area contributed by atoms with Crippen LogP contribution in [0.3, 0.4) is 0 Å². The van der Waals surface area contributed by atoms with E-state index < -0.39 is 23.9 Å². The topological polar surface area (TPSA) is 47.6 Å². The highest BCUT2D eigenvalue weighted by Gasteiger charge is 2.33. The first-order valence-corrected chi connectivity index (χ1v) is 8.12. The summed E-state index contributed by atoms with van der Waals surface area (Å²) in [6, 6.07) is 9.32. The lowest BCUT2D eigenvalue weighted by atomic mass is 9.91. The first-order valence-electron chi connectivity index (χ1n) is 8.12. The van der Waals surface area contributed by atoms with Crippen LogP contribution in [-0.4, -0.2) is 30.0 Å². The minimum Gasteiger partial charge on any atom is -0.444 e. The van der Waals surface area contributed by atoms with Gasteiger partial charge in [0.2, 0.25) is 0 Å². The van der Waals surface area contributed by atoms with Gasteiger partial charge in [0.25, 0.3) is 0 Å².